The molecule has 0 bridgehead atoms. The van der Waals surface area contributed by atoms with E-state index in [0.29, 0.717) is 0 Å². The molecule has 0 aromatic rings. The van der Waals surface area contributed by atoms with Gasteiger partial charge in [-0.15, -0.1) is 0 Å². The predicted octanol–water partition coefficient (Wildman–Crippen LogP) is 2.61. The number of hydrogen-bond donors (Lipinski definition) is 0. The van der Waals surface area contributed by atoms with Crippen molar-refractivity contribution in [2.45, 2.75) is 19.5 Å². The summed E-state index contributed by atoms with van der Waals surface area (Å²) < 4.78 is 62.0. The standard InChI is InChI=1S/C6H5F5O2/c1-2-6(10,11)13-5(12)3(7)4(8)9/h2H2,1H3. The van der Waals surface area contributed by atoms with Crippen molar-refractivity contribution in [2.75, 3.05) is 0 Å². The summed E-state index contributed by atoms with van der Waals surface area (Å²) in [5.41, 5.74) is 0. The third kappa shape index (κ3) is 3.86. The molecule has 7 heteroatoms. The molecule has 13 heavy (non-hydrogen) atoms. The van der Waals surface area contributed by atoms with Crippen LogP contribution in [0, 0.1) is 0 Å². The summed E-state index contributed by atoms with van der Waals surface area (Å²) in [5, 5.41) is 0. The highest BCUT2D eigenvalue weighted by atomic mass is 19.3. The van der Waals surface area contributed by atoms with E-state index >= 15 is 0 Å². The van der Waals surface area contributed by atoms with Gasteiger partial charge >= 0.3 is 18.2 Å². The fraction of sp³-hybridized carbons (Fsp3) is 0.500. The van der Waals surface area contributed by atoms with E-state index in [1.807, 2.05) is 0 Å². The van der Waals surface area contributed by atoms with Crippen LogP contribution in [0.15, 0.2) is 11.9 Å². The molecule has 0 aliphatic heterocycles. The van der Waals surface area contributed by atoms with Gasteiger partial charge in [-0.25, -0.2) is 4.79 Å². The van der Waals surface area contributed by atoms with Gasteiger partial charge in [-0.3, -0.25) is 0 Å². The highest BCUT2D eigenvalue weighted by molar-refractivity contribution is 5.86. The van der Waals surface area contributed by atoms with Crippen molar-refractivity contribution >= 4 is 5.97 Å². The molecule has 0 saturated carbocycles. The number of halogens is 5. The largest absolute Gasteiger partial charge is 0.399 e. The lowest BCUT2D eigenvalue weighted by molar-refractivity contribution is -0.231. The number of rotatable bonds is 3. The lowest BCUT2D eigenvalue weighted by atomic mass is 10.4. The molecule has 0 atom stereocenters. The van der Waals surface area contributed by atoms with Crippen LogP contribution in [0.5, 0.6) is 0 Å². The third-order valence-corrected chi connectivity index (χ3v) is 0.999. The zero-order valence-electron chi connectivity index (χ0n) is 6.41. The smallest absolute Gasteiger partial charge is 0.395 e. The van der Waals surface area contributed by atoms with Gasteiger partial charge in [0.05, 0.1) is 0 Å². The molecule has 0 heterocycles. The summed E-state index contributed by atoms with van der Waals surface area (Å²) in [4.78, 5) is 10.1. The van der Waals surface area contributed by atoms with Gasteiger partial charge in [0.2, 0.25) is 0 Å². The zero-order valence-corrected chi connectivity index (χ0v) is 6.41. The number of hydrogen-bond acceptors (Lipinski definition) is 2. The van der Waals surface area contributed by atoms with Crippen LogP contribution in [0.4, 0.5) is 22.0 Å². The van der Waals surface area contributed by atoms with Gasteiger partial charge in [0.15, 0.2) is 0 Å². The predicted molar refractivity (Wildman–Crippen MR) is 31.7 cm³/mol. The molecule has 76 valence electrons. The fourth-order valence-electron chi connectivity index (χ4n) is 0.330. The molecule has 0 saturated heterocycles. The number of carbonyl (C=O) groups is 1. The molecule has 0 aromatic heterocycles. The summed E-state index contributed by atoms with van der Waals surface area (Å²) >= 11 is 0. The maximum atomic E-state index is 12.1. The van der Waals surface area contributed by atoms with Crippen molar-refractivity contribution in [2.24, 2.45) is 0 Å². The molecule has 0 radical (unpaired) electrons. The monoisotopic (exact) mass is 204 g/mol. The van der Waals surface area contributed by atoms with Crippen molar-refractivity contribution in [1.29, 1.82) is 0 Å². The number of ether oxygens (including phenoxy) is 1. The lowest BCUT2D eigenvalue weighted by Crippen LogP contribution is -2.24. The Hall–Kier alpha value is -1.14. The first-order valence-corrected chi connectivity index (χ1v) is 3.12. The summed E-state index contributed by atoms with van der Waals surface area (Å²) in [7, 11) is 0. The molecule has 0 aromatic carbocycles. The Morgan fingerprint density at radius 3 is 2.08 bits per heavy atom. The van der Waals surface area contributed by atoms with E-state index < -0.39 is 30.4 Å². The van der Waals surface area contributed by atoms with Gasteiger partial charge < -0.3 is 4.74 Å². The van der Waals surface area contributed by atoms with Crippen molar-refractivity contribution in [3.05, 3.63) is 11.9 Å². The highest BCUT2D eigenvalue weighted by Gasteiger charge is 2.34. The molecule has 0 N–H and O–H groups in total. The van der Waals surface area contributed by atoms with Crippen LogP contribution in [0.25, 0.3) is 0 Å². The van der Waals surface area contributed by atoms with Crippen LogP contribution >= 0.6 is 0 Å². The second-order valence-corrected chi connectivity index (χ2v) is 1.95. The summed E-state index contributed by atoms with van der Waals surface area (Å²) in [6.45, 7) is 0.945. The molecule has 2 nitrogen and oxygen atoms in total. The Balaban J connectivity index is 4.42. The van der Waals surface area contributed by atoms with E-state index in [9.17, 15) is 26.7 Å². The summed E-state index contributed by atoms with van der Waals surface area (Å²) in [6.07, 6.45) is -7.83. The molecular formula is C6H5F5O2. The number of esters is 1. The Bertz CT molecular complexity index is 231. The summed E-state index contributed by atoms with van der Waals surface area (Å²) in [6, 6.07) is 0. The van der Waals surface area contributed by atoms with E-state index in [4.69, 9.17) is 0 Å². The minimum atomic E-state index is -3.93. The van der Waals surface area contributed by atoms with Gasteiger partial charge in [0, 0.05) is 6.42 Å². The van der Waals surface area contributed by atoms with Gasteiger partial charge in [0.25, 0.3) is 5.83 Å². The first-order valence-electron chi connectivity index (χ1n) is 3.12. The van der Waals surface area contributed by atoms with E-state index in [1.54, 1.807) is 0 Å². The molecule has 0 unspecified atom stereocenters. The van der Waals surface area contributed by atoms with Crippen LogP contribution in [0.3, 0.4) is 0 Å². The second-order valence-electron chi connectivity index (χ2n) is 1.95. The first kappa shape index (κ1) is 11.9. The fourth-order valence-corrected chi connectivity index (χ4v) is 0.330. The Kier molecular flexibility index (Phi) is 3.83. The second kappa shape index (κ2) is 4.20. The Labute approximate surface area is 70.0 Å². The number of alkyl halides is 2. The molecule has 0 rings (SSSR count). The maximum absolute atomic E-state index is 12.1. The molecule has 0 spiro atoms. The third-order valence-electron chi connectivity index (χ3n) is 0.999. The van der Waals surface area contributed by atoms with Crippen LogP contribution in [0.1, 0.15) is 13.3 Å². The first-order chi connectivity index (χ1) is 5.80. The van der Waals surface area contributed by atoms with E-state index in [-0.39, 0.29) is 0 Å². The number of carbonyl (C=O) groups excluding carboxylic acids is 1. The molecule has 0 amide bonds. The Morgan fingerprint density at radius 2 is 1.77 bits per heavy atom. The van der Waals surface area contributed by atoms with Crippen LogP contribution in [-0.4, -0.2) is 12.1 Å². The van der Waals surface area contributed by atoms with Gasteiger partial charge in [-0.2, -0.15) is 22.0 Å². The molecular weight excluding hydrogens is 199 g/mol. The van der Waals surface area contributed by atoms with Crippen molar-refractivity contribution in [3.63, 3.8) is 0 Å². The maximum Gasteiger partial charge on any atom is 0.399 e. The van der Waals surface area contributed by atoms with Crippen LogP contribution < -0.4 is 0 Å². The van der Waals surface area contributed by atoms with Gasteiger partial charge in [-0.1, -0.05) is 6.92 Å². The van der Waals surface area contributed by atoms with Crippen molar-refractivity contribution < 1.29 is 31.5 Å². The average Bonchev–Trinajstić information content (AvgIpc) is 2.02. The lowest BCUT2D eigenvalue weighted by Gasteiger charge is -2.12. The van der Waals surface area contributed by atoms with E-state index in [0.717, 1.165) is 6.92 Å². The minimum Gasteiger partial charge on any atom is -0.395 e. The Morgan fingerprint density at radius 1 is 1.31 bits per heavy atom. The molecule has 0 fully saturated rings. The minimum absolute atomic E-state index is 0.917. The highest BCUT2D eigenvalue weighted by Crippen LogP contribution is 2.22. The van der Waals surface area contributed by atoms with Crippen molar-refractivity contribution in [3.8, 4) is 0 Å². The van der Waals surface area contributed by atoms with Crippen LogP contribution in [-0.2, 0) is 9.53 Å². The topological polar surface area (TPSA) is 26.3 Å². The van der Waals surface area contributed by atoms with E-state index in [1.165, 1.54) is 0 Å². The van der Waals surface area contributed by atoms with Gasteiger partial charge in [0.1, 0.15) is 0 Å². The zero-order chi connectivity index (χ0) is 10.6. The molecule has 0 aliphatic carbocycles. The van der Waals surface area contributed by atoms with Gasteiger partial charge in [-0.05, 0) is 0 Å². The normalized spacial score (nSPS) is 10.9. The average molecular weight is 204 g/mol. The summed E-state index contributed by atoms with van der Waals surface area (Å²) in [5.74, 6) is -4.97. The van der Waals surface area contributed by atoms with Crippen molar-refractivity contribution in [1.82, 2.24) is 0 Å². The van der Waals surface area contributed by atoms with E-state index in [2.05, 4.69) is 4.74 Å². The quantitative estimate of drug-likeness (QED) is 0.401. The van der Waals surface area contributed by atoms with Crippen LogP contribution in [0.2, 0.25) is 0 Å². The molecule has 0 aliphatic rings. The SMILES string of the molecule is CCC(F)(F)OC(=O)C(F)=C(F)F.